The third kappa shape index (κ3) is 4.16. The summed E-state index contributed by atoms with van der Waals surface area (Å²) < 4.78 is 5.79. The van der Waals surface area contributed by atoms with Crippen LogP contribution in [0.15, 0.2) is 18.2 Å². The lowest BCUT2D eigenvalue weighted by atomic mass is 10.1. The van der Waals surface area contributed by atoms with Gasteiger partial charge in [0.05, 0.1) is 6.61 Å². The molecule has 1 saturated carbocycles. The molecule has 1 atom stereocenters. The fraction of sp³-hybridized carbons (Fsp3) is 0.647. The second-order valence-corrected chi connectivity index (χ2v) is 6.82. The summed E-state index contributed by atoms with van der Waals surface area (Å²) in [6, 6.07) is 7.02. The van der Waals surface area contributed by atoms with Crippen LogP contribution in [0.2, 0.25) is 0 Å². The maximum atomic E-state index is 5.79. The van der Waals surface area contributed by atoms with Crippen LogP contribution >= 0.6 is 11.8 Å². The van der Waals surface area contributed by atoms with E-state index in [-0.39, 0.29) is 0 Å². The lowest BCUT2D eigenvalue weighted by molar-refractivity contribution is 0.337. The molecule has 0 aromatic heterocycles. The van der Waals surface area contributed by atoms with E-state index in [0.717, 1.165) is 23.4 Å². The van der Waals surface area contributed by atoms with Gasteiger partial charge in [-0.15, -0.1) is 0 Å². The number of ether oxygens (including phenoxy) is 1. The van der Waals surface area contributed by atoms with E-state index >= 15 is 0 Å². The molecule has 0 heterocycles. The highest BCUT2D eigenvalue weighted by Crippen LogP contribution is 2.34. The van der Waals surface area contributed by atoms with Gasteiger partial charge in [0.15, 0.2) is 0 Å². The molecule has 1 fully saturated rings. The van der Waals surface area contributed by atoms with Crippen molar-refractivity contribution in [3.05, 3.63) is 29.3 Å². The van der Waals surface area contributed by atoms with Gasteiger partial charge in [-0.3, -0.25) is 0 Å². The first-order valence-corrected chi connectivity index (χ1v) is 8.84. The highest BCUT2D eigenvalue weighted by atomic mass is 32.2. The molecule has 0 bridgehead atoms. The molecule has 0 radical (unpaired) electrons. The fourth-order valence-corrected chi connectivity index (χ4v) is 4.01. The minimum Gasteiger partial charge on any atom is -0.494 e. The van der Waals surface area contributed by atoms with Crippen molar-refractivity contribution < 1.29 is 4.74 Å². The Kier molecular flexibility index (Phi) is 6.24. The third-order valence-electron chi connectivity index (χ3n) is 4.09. The van der Waals surface area contributed by atoms with Crippen LogP contribution in [0.1, 0.15) is 56.7 Å². The Labute approximate surface area is 127 Å². The first-order valence-electron chi connectivity index (χ1n) is 7.79. The van der Waals surface area contributed by atoms with Crippen LogP contribution in [0.25, 0.3) is 0 Å². The molecule has 0 spiro atoms. The molecule has 1 aromatic carbocycles. The van der Waals surface area contributed by atoms with Crippen LogP contribution < -0.4 is 10.1 Å². The molecule has 20 heavy (non-hydrogen) atoms. The molecule has 0 aliphatic heterocycles. The van der Waals surface area contributed by atoms with Gasteiger partial charge in [-0.25, -0.2) is 0 Å². The minimum absolute atomic E-state index is 0.390. The zero-order chi connectivity index (χ0) is 14.4. The highest BCUT2D eigenvalue weighted by Gasteiger charge is 2.17. The summed E-state index contributed by atoms with van der Waals surface area (Å²) in [6.45, 7) is 4.99. The van der Waals surface area contributed by atoms with Crippen molar-refractivity contribution >= 4 is 11.8 Å². The molecular weight excluding hydrogens is 266 g/mol. The van der Waals surface area contributed by atoms with E-state index in [1.807, 2.05) is 7.05 Å². The van der Waals surface area contributed by atoms with Gasteiger partial charge < -0.3 is 10.1 Å². The smallest absolute Gasteiger partial charge is 0.123 e. The minimum atomic E-state index is 0.390. The maximum Gasteiger partial charge on any atom is 0.123 e. The van der Waals surface area contributed by atoms with E-state index in [0.29, 0.717) is 6.04 Å². The summed E-state index contributed by atoms with van der Waals surface area (Å²) in [5, 5.41) is 4.17. The Morgan fingerprint density at radius 3 is 2.75 bits per heavy atom. The van der Waals surface area contributed by atoms with Gasteiger partial charge >= 0.3 is 0 Å². The average Bonchev–Trinajstić information content (AvgIpc) is 2.99. The van der Waals surface area contributed by atoms with Crippen LogP contribution in [0.4, 0.5) is 0 Å². The Hall–Kier alpha value is -0.670. The summed E-state index contributed by atoms with van der Waals surface area (Å²) in [6.07, 6.45) is 5.60. The van der Waals surface area contributed by atoms with Crippen LogP contribution in [-0.4, -0.2) is 18.9 Å². The van der Waals surface area contributed by atoms with Crippen molar-refractivity contribution in [2.75, 3.05) is 13.7 Å². The zero-order valence-corrected chi connectivity index (χ0v) is 13.8. The monoisotopic (exact) mass is 293 g/mol. The van der Waals surface area contributed by atoms with Crippen LogP contribution in [0.5, 0.6) is 5.75 Å². The van der Waals surface area contributed by atoms with Gasteiger partial charge in [-0.05, 0) is 51.4 Å². The molecule has 1 aliphatic rings. The second kappa shape index (κ2) is 7.94. The lowest BCUT2D eigenvalue weighted by Crippen LogP contribution is -2.12. The predicted octanol–water partition coefficient (Wildman–Crippen LogP) is 4.54. The summed E-state index contributed by atoms with van der Waals surface area (Å²) in [7, 11) is 2.01. The Morgan fingerprint density at radius 1 is 1.35 bits per heavy atom. The third-order valence-corrected chi connectivity index (χ3v) is 5.51. The molecule has 1 aromatic rings. The molecule has 2 nitrogen and oxygen atoms in total. The molecule has 1 aliphatic carbocycles. The highest BCUT2D eigenvalue weighted by molar-refractivity contribution is 7.99. The van der Waals surface area contributed by atoms with Crippen molar-refractivity contribution in [3.8, 4) is 5.75 Å². The summed E-state index contributed by atoms with van der Waals surface area (Å²) >= 11 is 2.10. The quantitative estimate of drug-likeness (QED) is 0.797. The van der Waals surface area contributed by atoms with Gasteiger partial charge in [0.1, 0.15) is 5.75 Å². The molecule has 0 amide bonds. The van der Waals surface area contributed by atoms with Crippen molar-refractivity contribution in [1.82, 2.24) is 5.32 Å². The van der Waals surface area contributed by atoms with Gasteiger partial charge in [0.25, 0.3) is 0 Å². The lowest BCUT2D eigenvalue weighted by Gasteiger charge is -2.17. The van der Waals surface area contributed by atoms with Crippen molar-refractivity contribution in [2.24, 2.45) is 0 Å². The van der Waals surface area contributed by atoms with E-state index in [9.17, 15) is 0 Å². The Morgan fingerprint density at radius 2 is 2.10 bits per heavy atom. The summed E-state index contributed by atoms with van der Waals surface area (Å²) in [5.74, 6) is 2.13. The standard InChI is InChI=1S/C17H27NOS/c1-4-19-17-10-9-14(13(2)18-3)11-15(17)12-20-16-7-5-6-8-16/h9-11,13,16,18H,4-8,12H2,1-3H3. The van der Waals surface area contributed by atoms with E-state index in [2.05, 4.69) is 49.1 Å². The van der Waals surface area contributed by atoms with Crippen molar-refractivity contribution in [1.29, 1.82) is 0 Å². The van der Waals surface area contributed by atoms with Gasteiger partial charge in [-0.1, -0.05) is 18.9 Å². The molecule has 112 valence electrons. The molecule has 2 rings (SSSR count). The van der Waals surface area contributed by atoms with E-state index in [1.165, 1.54) is 36.8 Å². The van der Waals surface area contributed by atoms with Crippen molar-refractivity contribution in [2.45, 2.75) is 56.6 Å². The normalized spacial score (nSPS) is 17.4. The molecule has 1 unspecified atom stereocenters. The first kappa shape index (κ1) is 15.7. The SMILES string of the molecule is CCOc1ccc(C(C)NC)cc1CSC1CCCC1. The van der Waals surface area contributed by atoms with Crippen LogP contribution in [-0.2, 0) is 5.75 Å². The summed E-state index contributed by atoms with van der Waals surface area (Å²) in [5.41, 5.74) is 2.70. The number of hydrogen-bond acceptors (Lipinski definition) is 3. The number of rotatable bonds is 7. The van der Waals surface area contributed by atoms with E-state index < -0.39 is 0 Å². The molecular formula is C17H27NOS. The Balaban J connectivity index is 2.08. The largest absolute Gasteiger partial charge is 0.494 e. The number of hydrogen-bond donors (Lipinski definition) is 1. The topological polar surface area (TPSA) is 21.3 Å². The van der Waals surface area contributed by atoms with Crippen LogP contribution in [0.3, 0.4) is 0 Å². The molecule has 0 saturated heterocycles. The first-order chi connectivity index (χ1) is 9.74. The summed E-state index contributed by atoms with van der Waals surface area (Å²) in [4.78, 5) is 0. The van der Waals surface area contributed by atoms with E-state index in [4.69, 9.17) is 4.74 Å². The average molecular weight is 293 g/mol. The van der Waals surface area contributed by atoms with Crippen LogP contribution in [0, 0.1) is 0 Å². The second-order valence-electron chi connectivity index (χ2n) is 5.53. The Bertz CT molecular complexity index is 415. The van der Waals surface area contributed by atoms with Gasteiger partial charge in [-0.2, -0.15) is 11.8 Å². The number of benzene rings is 1. The van der Waals surface area contributed by atoms with Gasteiger partial charge in [0.2, 0.25) is 0 Å². The fourth-order valence-electron chi connectivity index (χ4n) is 2.71. The number of thioether (sulfide) groups is 1. The molecule has 3 heteroatoms. The van der Waals surface area contributed by atoms with E-state index in [1.54, 1.807) is 0 Å². The maximum absolute atomic E-state index is 5.79. The van der Waals surface area contributed by atoms with Gasteiger partial charge in [0, 0.05) is 22.6 Å². The molecule has 1 N–H and O–H groups in total. The predicted molar refractivity (Wildman–Crippen MR) is 88.6 cm³/mol. The van der Waals surface area contributed by atoms with Crippen molar-refractivity contribution in [3.63, 3.8) is 0 Å². The zero-order valence-electron chi connectivity index (χ0n) is 12.9. The number of nitrogens with one attached hydrogen (secondary N) is 1.